The third-order valence-electron chi connectivity index (χ3n) is 5.82. The number of carbonyl (C=O) groups excluding carboxylic acids is 1. The van der Waals surface area contributed by atoms with Gasteiger partial charge in [-0.2, -0.15) is 0 Å². The Hall–Kier alpha value is -3.78. The molecule has 202 valence electrons. The Morgan fingerprint density at radius 2 is 1.55 bits per heavy atom. The molecule has 0 atom stereocenters. The van der Waals surface area contributed by atoms with E-state index in [9.17, 15) is 9.18 Å². The van der Waals surface area contributed by atoms with E-state index < -0.39 is 0 Å². The van der Waals surface area contributed by atoms with E-state index in [4.69, 9.17) is 37.7 Å². The van der Waals surface area contributed by atoms with E-state index in [0.717, 1.165) is 11.1 Å². The SMILES string of the molecule is CCOc1cc(/C=C2\SC(=Nc3ccc(Cl)cc3)N(c3ccc(Cl)cc3)C2=O)ccc1OCc1ccc(F)cc1. The van der Waals surface area contributed by atoms with Crippen LogP contribution in [0.1, 0.15) is 18.1 Å². The minimum atomic E-state index is -0.300. The predicted molar refractivity (Wildman–Crippen MR) is 161 cm³/mol. The Balaban J connectivity index is 1.44. The molecule has 9 heteroatoms. The fourth-order valence-electron chi connectivity index (χ4n) is 3.89. The van der Waals surface area contributed by atoms with Crippen LogP contribution in [0, 0.1) is 5.82 Å². The number of aliphatic imine (C=N–C) groups is 1. The quantitative estimate of drug-likeness (QED) is 0.192. The number of hydrogen-bond acceptors (Lipinski definition) is 5. The molecule has 4 aromatic carbocycles. The first kappa shape index (κ1) is 27.8. The molecule has 0 radical (unpaired) electrons. The first-order chi connectivity index (χ1) is 19.4. The van der Waals surface area contributed by atoms with E-state index in [-0.39, 0.29) is 18.3 Å². The summed E-state index contributed by atoms with van der Waals surface area (Å²) in [5, 5.41) is 1.68. The van der Waals surface area contributed by atoms with Crippen LogP contribution in [0.25, 0.3) is 6.08 Å². The van der Waals surface area contributed by atoms with Crippen molar-refractivity contribution < 1.29 is 18.7 Å². The first-order valence-electron chi connectivity index (χ1n) is 12.4. The molecule has 0 N–H and O–H groups in total. The Bertz CT molecular complexity index is 1570. The lowest BCUT2D eigenvalue weighted by Gasteiger charge is -2.15. The first-order valence-corrected chi connectivity index (χ1v) is 13.9. The summed E-state index contributed by atoms with van der Waals surface area (Å²) >= 11 is 13.4. The van der Waals surface area contributed by atoms with Crippen molar-refractivity contribution in [3.05, 3.63) is 123 Å². The maximum Gasteiger partial charge on any atom is 0.271 e. The topological polar surface area (TPSA) is 51.1 Å². The van der Waals surface area contributed by atoms with E-state index in [1.807, 2.05) is 19.1 Å². The van der Waals surface area contributed by atoms with Gasteiger partial charge < -0.3 is 9.47 Å². The smallest absolute Gasteiger partial charge is 0.271 e. The van der Waals surface area contributed by atoms with Gasteiger partial charge in [-0.25, -0.2) is 9.38 Å². The highest BCUT2D eigenvalue weighted by molar-refractivity contribution is 8.19. The average molecular weight is 594 g/mol. The lowest BCUT2D eigenvalue weighted by Crippen LogP contribution is -2.28. The number of nitrogens with zero attached hydrogens (tertiary/aromatic N) is 2. The Morgan fingerprint density at radius 3 is 2.23 bits per heavy atom. The number of halogens is 3. The van der Waals surface area contributed by atoms with Gasteiger partial charge in [-0.05, 0) is 109 Å². The molecule has 0 saturated carbocycles. The van der Waals surface area contributed by atoms with Crippen LogP contribution in [0.5, 0.6) is 11.5 Å². The minimum Gasteiger partial charge on any atom is -0.490 e. The summed E-state index contributed by atoms with van der Waals surface area (Å²) in [6.45, 7) is 2.58. The number of anilines is 1. The molecule has 0 aromatic heterocycles. The number of ether oxygens (including phenoxy) is 2. The van der Waals surface area contributed by atoms with E-state index >= 15 is 0 Å². The van der Waals surface area contributed by atoms with Gasteiger partial charge in [0.05, 0.1) is 22.9 Å². The van der Waals surface area contributed by atoms with Gasteiger partial charge >= 0.3 is 0 Å². The van der Waals surface area contributed by atoms with Crippen LogP contribution in [0.3, 0.4) is 0 Å². The molecule has 0 unspecified atom stereocenters. The van der Waals surface area contributed by atoms with Gasteiger partial charge in [-0.15, -0.1) is 0 Å². The standard InChI is InChI=1S/C31H23Cl2FN2O3S/c1-2-38-28-17-21(5-16-27(28)39-19-20-3-10-24(34)11-4-20)18-29-30(37)36(26-14-8-23(33)9-15-26)31(40-29)35-25-12-6-22(32)7-13-25/h3-18H,2,19H2,1H3/b29-18-,35-31?. The van der Waals surface area contributed by atoms with Crippen molar-refractivity contribution in [3.8, 4) is 11.5 Å². The Kier molecular flexibility index (Phi) is 8.75. The van der Waals surface area contributed by atoms with E-state index in [0.29, 0.717) is 49.6 Å². The molecule has 5 nitrogen and oxygen atoms in total. The van der Waals surface area contributed by atoms with Crippen LogP contribution in [0.4, 0.5) is 15.8 Å². The van der Waals surface area contributed by atoms with Gasteiger partial charge in [0.1, 0.15) is 12.4 Å². The molecule has 4 aromatic rings. The second kappa shape index (κ2) is 12.6. The number of amidine groups is 1. The molecule has 1 amide bonds. The lowest BCUT2D eigenvalue weighted by molar-refractivity contribution is -0.113. The number of hydrogen-bond donors (Lipinski definition) is 0. The van der Waals surface area contributed by atoms with E-state index in [1.165, 1.54) is 23.9 Å². The van der Waals surface area contributed by atoms with Crippen molar-refractivity contribution >= 4 is 63.5 Å². The second-order valence-corrected chi connectivity index (χ2v) is 10.5. The van der Waals surface area contributed by atoms with Crippen LogP contribution in [0.2, 0.25) is 10.0 Å². The van der Waals surface area contributed by atoms with Gasteiger partial charge in [-0.1, -0.05) is 41.4 Å². The number of carbonyl (C=O) groups is 1. The second-order valence-electron chi connectivity index (χ2n) is 8.65. The van der Waals surface area contributed by atoms with Gasteiger partial charge in [0.25, 0.3) is 5.91 Å². The third-order valence-corrected chi connectivity index (χ3v) is 7.29. The number of rotatable bonds is 8. The zero-order valence-electron chi connectivity index (χ0n) is 21.3. The van der Waals surface area contributed by atoms with Crippen LogP contribution in [-0.4, -0.2) is 17.7 Å². The highest BCUT2D eigenvalue weighted by Crippen LogP contribution is 2.39. The summed E-state index contributed by atoms with van der Waals surface area (Å²) in [7, 11) is 0. The van der Waals surface area contributed by atoms with Crippen molar-refractivity contribution in [2.45, 2.75) is 13.5 Å². The van der Waals surface area contributed by atoms with Crippen LogP contribution in [-0.2, 0) is 11.4 Å². The van der Waals surface area contributed by atoms with Gasteiger partial charge in [0.15, 0.2) is 16.7 Å². The van der Waals surface area contributed by atoms with Gasteiger partial charge in [-0.3, -0.25) is 9.69 Å². The summed E-state index contributed by atoms with van der Waals surface area (Å²) in [4.78, 5) is 20.4. The molecule has 1 saturated heterocycles. The number of benzene rings is 4. The zero-order chi connectivity index (χ0) is 28.1. The van der Waals surface area contributed by atoms with Crippen molar-refractivity contribution in [1.29, 1.82) is 0 Å². The molecule has 1 heterocycles. The van der Waals surface area contributed by atoms with Crippen LogP contribution >= 0.6 is 35.0 Å². The molecule has 1 aliphatic heterocycles. The van der Waals surface area contributed by atoms with E-state index in [1.54, 1.807) is 77.7 Å². The predicted octanol–water partition coefficient (Wildman–Crippen LogP) is 8.92. The third kappa shape index (κ3) is 6.67. The molecule has 0 bridgehead atoms. The zero-order valence-corrected chi connectivity index (χ0v) is 23.6. The summed E-state index contributed by atoms with van der Waals surface area (Å²) < 4.78 is 25.0. The Labute approximate surface area is 245 Å². The summed E-state index contributed by atoms with van der Waals surface area (Å²) in [5.74, 6) is 0.576. The molecule has 5 rings (SSSR count). The van der Waals surface area contributed by atoms with Crippen molar-refractivity contribution in [2.24, 2.45) is 4.99 Å². The number of thioether (sulfide) groups is 1. The highest BCUT2D eigenvalue weighted by Gasteiger charge is 2.34. The van der Waals surface area contributed by atoms with E-state index in [2.05, 4.69) is 0 Å². The highest BCUT2D eigenvalue weighted by atomic mass is 35.5. The molecule has 0 aliphatic carbocycles. The van der Waals surface area contributed by atoms with Gasteiger partial charge in [0, 0.05) is 10.0 Å². The van der Waals surface area contributed by atoms with Crippen molar-refractivity contribution in [3.63, 3.8) is 0 Å². The summed E-state index contributed by atoms with van der Waals surface area (Å²) in [6, 6.07) is 25.7. The van der Waals surface area contributed by atoms with Crippen molar-refractivity contribution in [2.75, 3.05) is 11.5 Å². The summed E-state index contributed by atoms with van der Waals surface area (Å²) in [5.41, 5.74) is 2.91. The maximum absolute atomic E-state index is 13.6. The fraction of sp³-hybridized carbons (Fsp3) is 0.0968. The fourth-order valence-corrected chi connectivity index (χ4v) is 5.14. The lowest BCUT2D eigenvalue weighted by atomic mass is 10.1. The largest absolute Gasteiger partial charge is 0.490 e. The van der Waals surface area contributed by atoms with Crippen LogP contribution < -0.4 is 14.4 Å². The minimum absolute atomic E-state index is 0.213. The van der Waals surface area contributed by atoms with Crippen molar-refractivity contribution in [1.82, 2.24) is 0 Å². The maximum atomic E-state index is 13.6. The molecular formula is C31H23Cl2FN2O3S. The number of amides is 1. The molecule has 40 heavy (non-hydrogen) atoms. The van der Waals surface area contributed by atoms with Gasteiger partial charge in [0.2, 0.25) is 0 Å². The normalized spacial score (nSPS) is 15.2. The Morgan fingerprint density at radius 1 is 0.875 bits per heavy atom. The monoisotopic (exact) mass is 592 g/mol. The summed E-state index contributed by atoms with van der Waals surface area (Å²) in [6.07, 6.45) is 1.80. The molecule has 0 spiro atoms. The average Bonchev–Trinajstić information content (AvgIpc) is 3.25. The van der Waals surface area contributed by atoms with Crippen LogP contribution in [0.15, 0.2) is 101 Å². The molecule has 1 fully saturated rings. The molecular weight excluding hydrogens is 570 g/mol. The molecule has 1 aliphatic rings.